The van der Waals surface area contributed by atoms with Crippen LogP contribution in [-0.4, -0.2) is 24.3 Å². The number of likely N-dealkylation sites (N-methyl/N-ethyl adjacent to an activating group) is 1. The first kappa shape index (κ1) is 9.75. The van der Waals surface area contributed by atoms with Crippen LogP contribution in [0.3, 0.4) is 0 Å². The van der Waals surface area contributed by atoms with Gasteiger partial charge in [0.15, 0.2) is 0 Å². The quantitative estimate of drug-likeness (QED) is 0.624. The molecular formula is C10H19NO. The van der Waals surface area contributed by atoms with Crippen molar-refractivity contribution >= 4 is 0 Å². The molecule has 1 rings (SSSR count). The van der Waals surface area contributed by atoms with Crippen molar-refractivity contribution in [2.24, 2.45) is 5.92 Å². The second-order valence-electron chi connectivity index (χ2n) is 3.59. The van der Waals surface area contributed by atoms with Gasteiger partial charge in [0.2, 0.25) is 0 Å². The lowest BCUT2D eigenvalue weighted by atomic mass is 9.88. The number of hydrogen-bond donors (Lipinski definition) is 2. The lowest BCUT2D eigenvalue weighted by Gasteiger charge is -2.26. The third-order valence-electron chi connectivity index (χ3n) is 2.70. The van der Waals surface area contributed by atoms with Crippen LogP contribution in [0, 0.1) is 5.92 Å². The topological polar surface area (TPSA) is 32.3 Å². The molecule has 12 heavy (non-hydrogen) atoms. The minimum atomic E-state index is -0.230. The molecule has 0 spiro atoms. The van der Waals surface area contributed by atoms with Crippen molar-refractivity contribution in [3.63, 3.8) is 0 Å². The van der Waals surface area contributed by atoms with Crippen molar-refractivity contribution in [1.29, 1.82) is 0 Å². The number of hydrogen-bond acceptors (Lipinski definition) is 2. The van der Waals surface area contributed by atoms with Crippen molar-refractivity contribution in [3.8, 4) is 0 Å². The molecule has 1 aliphatic carbocycles. The van der Waals surface area contributed by atoms with Crippen molar-refractivity contribution in [2.45, 2.75) is 38.3 Å². The number of aliphatic hydroxyl groups excluding tert-OH is 1. The van der Waals surface area contributed by atoms with Crippen LogP contribution >= 0.6 is 0 Å². The first-order valence-corrected chi connectivity index (χ1v) is 4.77. The number of allylic oxidation sites excluding steroid dienone is 1. The van der Waals surface area contributed by atoms with E-state index in [1.54, 1.807) is 0 Å². The molecule has 0 aliphatic heterocycles. The van der Waals surface area contributed by atoms with E-state index in [1.165, 1.54) is 12.8 Å². The van der Waals surface area contributed by atoms with Crippen LogP contribution in [0.5, 0.6) is 0 Å². The van der Waals surface area contributed by atoms with Gasteiger partial charge in [-0.2, -0.15) is 0 Å². The maximum atomic E-state index is 9.83. The number of aliphatic hydroxyl groups is 1. The summed E-state index contributed by atoms with van der Waals surface area (Å²) in [4.78, 5) is 0. The van der Waals surface area contributed by atoms with Crippen LogP contribution in [-0.2, 0) is 0 Å². The molecule has 3 atom stereocenters. The summed E-state index contributed by atoms with van der Waals surface area (Å²) < 4.78 is 0. The predicted octanol–water partition coefficient (Wildman–Crippen LogP) is 1.31. The fraction of sp³-hybridized carbons (Fsp3) is 0.800. The van der Waals surface area contributed by atoms with E-state index < -0.39 is 0 Å². The molecule has 2 N–H and O–H groups in total. The number of rotatable bonds is 3. The summed E-state index contributed by atoms with van der Waals surface area (Å²) in [6.45, 7) is 2.02. The van der Waals surface area contributed by atoms with E-state index >= 15 is 0 Å². The van der Waals surface area contributed by atoms with E-state index in [-0.39, 0.29) is 12.1 Å². The van der Waals surface area contributed by atoms with Crippen LogP contribution in [0.15, 0.2) is 12.2 Å². The molecule has 2 heteroatoms. The minimum absolute atomic E-state index is 0.192. The van der Waals surface area contributed by atoms with Crippen molar-refractivity contribution < 1.29 is 5.11 Å². The Kier molecular flexibility index (Phi) is 3.76. The van der Waals surface area contributed by atoms with E-state index in [4.69, 9.17) is 0 Å². The Morgan fingerprint density at radius 2 is 2.33 bits per heavy atom. The Morgan fingerprint density at radius 1 is 1.58 bits per heavy atom. The third-order valence-corrected chi connectivity index (χ3v) is 2.70. The maximum absolute atomic E-state index is 9.83. The molecule has 0 saturated carbocycles. The maximum Gasteiger partial charge on any atom is 0.0752 e. The van der Waals surface area contributed by atoms with Crippen LogP contribution in [0.1, 0.15) is 26.2 Å². The lowest BCUT2D eigenvalue weighted by Crippen LogP contribution is -2.39. The van der Waals surface area contributed by atoms with Crippen LogP contribution in [0.4, 0.5) is 0 Å². The van der Waals surface area contributed by atoms with Crippen LogP contribution in [0.2, 0.25) is 0 Å². The molecule has 70 valence electrons. The van der Waals surface area contributed by atoms with Gasteiger partial charge in [0.1, 0.15) is 0 Å². The Balaban J connectivity index is 2.44. The fourth-order valence-corrected chi connectivity index (χ4v) is 1.66. The highest BCUT2D eigenvalue weighted by molar-refractivity contribution is 4.97. The van der Waals surface area contributed by atoms with Crippen LogP contribution in [0.25, 0.3) is 0 Å². The second-order valence-corrected chi connectivity index (χ2v) is 3.59. The molecule has 0 aromatic rings. The zero-order valence-electron chi connectivity index (χ0n) is 7.96. The Labute approximate surface area is 74.7 Å². The van der Waals surface area contributed by atoms with Gasteiger partial charge in [-0.25, -0.2) is 0 Å². The highest BCUT2D eigenvalue weighted by Gasteiger charge is 2.22. The summed E-state index contributed by atoms with van der Waals surface area (Å²) in [5.74, 6) is 0.362. The SMILES string of the molecule is CN[C@H](C)[C@@H](O)[C@@H]1C=CCCC1. The van der Waals surface area contributed by atoms with Gasteiger partial charge in [0, 0.05) is 12.0 Å². The zero-order chi connectivity index (χ0) is 8.97. The normalized spacial score (nSPS) is 28.4. The van der Waals surface area contributed by atoms with Gasteiger partial charge >= 0.3 is 0 Å². The van der Waals surface area contributed by atoms with Crippen molar-refractivity contribution in [2.75, 3.05) is 7.05 Å². The second kappa shape index (κ2) is 4.63. The van der Waals surface area contributed by atoms with E-state index in [0.717, 1.165) is 6.42 Å². The minimum Gasteiger partial charge on any atom is -0.391 e. The molecule has 0 heterocycles. The molecule has 0 aromatic heterocycles. The highest BCUT2D eigenvalue weighted by Crippen LogP contribution is 2.21. The zero-order valence-corrected chi connectivity index (χ0v) is 7.96. The smallest absolute Gasteiger partial charge is 0.0752 e. The first-order valence-electron chi connectivity index (χ1n) is 4.77. The van der Waals surface area contributed by atoms with E-state index in [0.29, 0.717) is 5.92 Å². The predicted molar refractivity (Wildman–Crippen MR) is 51.0 cm³/mol. The molecule has 0 amide bonds. The van der Waals surface area contributed by atoms with Gasteiger partial charge < -0.3 is 10.4 Å². The van der Waals surface area contributed by atoms with Crippen molar-refractivity contribution in [3.05, 3.63) is 12.2 Å². The molecule has 2 nitrogen and oxygen atoms in total. The van der Waals surface area contributed by atoms with Crippen LogP contribution < -0.4 is 5.32 Å². The summed E-state index contributed by atoms with van der Waals surface area (Å²) in [7, 11) is 1.89. The fourth-order valence-electron chi connectivity index (χ4n) is 1.66. The molecule has 0 aromatic carbocycles. The standard InChI is InChI=1S/C10H19NO/c1-8(11-2)10(12)9-6-4-3-5-7-9/h4,6,8-12H,3,5,7H2,1-2H3/t8-,9-,10-/m1/s1. The van der Waals surface area contributed by atoms with Gasteiger partial charge in [-0.3, -0.25) is 0 Å². The average Bonchev–Trinajstić information content (AvgIpc) is 2.17. The average molecular weight is 169 g/mol. The molecule has 0 saturated heterocycles. The number of nitrogens with one attached hydrogen (secondary N) is 1. The summed E-state index contributed by atoms with van der Waals surface area (Å²) in [6.07, 6.45) is 7.63. The van der Waals surface area contributed by atoms with Gasteiger partial charge in [-0.15, -0.1) is 0 Å². The molecule has 0 fully saturated rings. The highest BCUT2D eigenvalue weighted by atomic mass is 16.3. The molecular weight excluding hydrogens is 150 g/mol. The third kappa shape index (κ3) is 2.32. The van der Waals surface area contributed by atoms with Gasteiger partial charge in [0.05, 0.1) is 6.10 Å². The Morgan fingerprint density at radius 3 is 2.83 bits per heavy atom. The molecule has 1 aliphatic rings. The molecule has 0 unspecified atom stereocenters. The van der Waals surface area contributed by atoms with Gasteiger partial charge in [-0.05, 0) is 33.2 Å². The van der Waals surface area contributed by atoms with Gasteiger partial charge in [0.25, 0.3) is 0 Å². The van der Waals surface area contributed by atoms with Gasteiger partial charge in [-0.1, -0.05) is 12.2 Å². The largest absolute Gasteiger partial charge is 0.391 e. The Bertz CT molecular complexity index is 156. The van der Waals surface area contributed by atoms with E-state index in [1.807, 2.05) is 14.0 Å². The monoisotopic (exact) mass is 169 g/mol. The molecule has 0 bridgehead atoms. The molecule has 0 radical (unpaired) electrons. The summed E-state index contributed by atoms with van der Waals surface area (Å²) in [5, 5.41) is 12.9. The van der Waals surface area contributed by atoms with E-state index in [2.05, 4.69) is 17.5 Å². The lowest BCUT2D eigenvalue weighted by molar-refractivity contribution is 0.0905. The van der Waals surface area contributed by atoms with E-state index in [9.17, 15) is 5.11 Å². The van der Waals surface area contributed by atoms with Crippen molar-refractivity contribution in [1.82, 2.24) is 5.32 Å². The summed E-state index contributed by atoms with van der Waals surface area (Å²) >= 11 is 0. The first-order chi connectivity index (χ1) is 5.75. The summed E-state index contributed by atoms with van der Waals surface area (Å²) in [6, 6.07) is 0.192. The summed E-state index contributed by atoms with van der Waals surface area (Å²) in [5.41, 5.74) is 0. The Hall–Kier alpha value is -0.340.